The highest BCUT2D eigenvalue weighted by Gasteiger charge is 2.23. The quantitative estimate of drug-likeness (QED) is 0.208. The molecule has 186 valence electrons. The van der Waals surface area contributed by atoms with Gasteiger partial charge in [0, 0.05) is 35.1 Å². The van der Waals surface area contributed by atoms with Crippen molar-refractivity contribution < 1.29 is 13.2 Å². The zero-order chi connectivity index (χ0) is 25.4. The van der Waals surface area contributed by atoms with Crippen LogP contribution in [-0.4, -0.2) is 39.4 Å². The van der Waals surface area contributed by atoms with Gasteiger partial charge in [-0.3, -0.25) is 9.10 Å². The van der Waals surface area contributed by atoms with Gasteiger partial charge < -0.3 is 5.32 Å². The molecular formula is C25H26Cl2N2O3S3. The average Bonchev–Trinajstić information content (AvgIpc) is 2.86. The lowest BCUT2D eigenvalue weighted by atomic mass is 10.2. The van der Waals surface area contributed by atoms with Crippen LogP contribution >= 0.6 is 46.7 Å². The molecule has 0 spiro atoms. The average molecular weight is 570 g/mol. The number of halogens is 2. The van der Waals surface area contributed by atoms with Gasteiger partial charge in [-0.05, 0) is 79.4 Å². The second-order valence-electron chi connectivity index (χ2n) is 7.45. The first-order valence-electron chi connectivity index (χ1n) is 10.8. The Bertz CT molecular complexity index is 1250. The van der Waals surface area contributed by atoms with Crippen molar-refractivity contribution >= 4 is 68.3 Å². The van der Waals surface area contributed by atoms with Crippen molar-refractivity contribution in [1.29, 1.82) is 0 Å². The maximum absolute atomic E-state index is 13.1. The summed E-state index contributed by atoms with van der Waals surface area (Å²) >= 11 is 15.2. The summed E-state index contributed by atoms with van der Waals surface area (Å²) in [6.07, 6.45) is 1.94. The first kappa shape index (κ1) is 27.7. The van der Waals surface area contributed by atoms with E-state index in [4.69, 9.17) is 23.2 Å². The van der Waals surface area contributed by atoms with Crippen molar-refractivity contribution in [1.82, 2.24) is 5.32 Å². The molecule has 0 bridgehead atoms. The molecule has 0 aliphatic carbocycles. The molecule has 3 rings (SSSR count). The molecule has 0 aliphatic rings. The van der Waals surface area contributed by atoms with Crippen molar-refractivity contribution in [2.75, 3.05) is 29.4 Å². The number of thioether (sulfide) groups is 2. The van der Waals surface area contributed by atoms with E-state index in [0.717, 1.165) is 22.0 Å². The third-order valence-corrected chi connectivity index (χ3v) is 9.57. The van der Waals surface area contributed by atoms with Gasteiger partial charge in [0.1, 0.15) is 0 Å². The van der Waals surface area contributed by atoms with E-state index < -0.39 is 10.0 Å². The second kappa shape index (κ2) is 12.9. The molecule has 3 aromatic carbocycles. The van der Waals surface area contributed by atoms with Crippen molar-refractivity contribution in [3.63, 3.8) is 0 Å². The molecule has 0 unspecified atom stereocenters. The van der Waals surface area contributed by atoms with Gasteiger partial charge in [0.15, 0.2) is 0 Å². The van der Waals surface area contributed by atoms with Crippen LogP contribution in [0.5, 0.6) is 0 Å². The van der Waals surface area contributed by atoms with Crippen LogP contribution in [0.2, 0.25) is 10.0 Å². The zero-order valence-electron chi connectivity index (χ0n) is 19.3. The van der Waals surface area contributed by atoms with E-state index >= 15 is 0 Å². The Hall–Kier alpha value is -1.84. The zero-order valence-corrected chi connectivity index (χ0v) is 23.3. The Labute approximate surface area is 225 Å². The molecule has 1 amide bonds. The van der Waals surface area contributed by atoms with Crippen LogP contribution in [0, 0.1) is 0 Å². The van der Waals surface area contributed by atoms with Gasteiger partial charge in [0.25, 0.3) is 15.9 Å². The molecule has 0 saturated carbocycles. The SMILES string of the molecule is CCN(c1ccc(C(=O)NCCSCc2ccc(Cl)c(Cl)c2)cc1)S(=O)(=O)c1ccc(SC)cc1. The van der Waals surface area contributed by atoms with Gasteiger partial charge in [0.2, 0.25) is 0 Å². The lowest BCUT2D eigenvalue weighted by Gasteiger charge is -2.23. The van der Waals surface area contributed by atoms with E-state index in [0.29, 0.717) is 27.8 Å². The Morgan fingerprint density at radius 3 is 2.26 bits per heavy atom. The first-order chi connectivity index (χ1) is 16.8. The molecule has 0 aliphatic heterocycles. The molecular weight excluding hydrogens is 543 g/mol. The van der Waals surface area contributed by atoms with Crippen molar-refractivity contribution in [2.24, 2.45) is 0 Å². The number of carbonyl (C=O) groups is 1. The van der Waals surface area contributed by atoms with Gasteiger partial charge in [-0.25, -0.2) is 8.42 Å². The maximum Gasteiger partial charge on any atom is 0.264 e. The van der Waals surface area contributed by atoms with Crippen LogP contribution in [0.3, 0.4) is 0 Å². The summed E-state index contributed by atoms with van der Waals surface area (Å²) < 4.78 is 27.6. The number of carbonyl (C=O) groups excluding carboxylic acids is 1. The second-order valence-corrected chi connectivity index (χ2v) is 12.1. The summed E-state index contributed by atoms with van der Waals surface area (Å²) in [5.41, 5.74) is 2.05. The standard InChI is InChI=1S/C25H26Cl2N2O3S3/c1-3-29(35(31,32)22-11-9-21(33-2)10-12-22)20-7-5-19(6-8-20)25(30)28-14-15-34-17-18-4-13-23(26)24(27)16-18/h4-13,16H,3,14-15,17H2,1-2H3,(H,28,30). The minimum atomic E-state index is -3.71. The highest BCUT2D eigenvalue weighted by Crippen LogP contribution is 2.26. The minimum Gasteiger partial charge on any atom is -0.351 e. The summed E-state index contributed by atoms with van der Waals surface area (Å²) in [6.45, 7) is 2.56. The van der Waals surface area contributed by atoms with E-state index in [9.17, 15) is 13.2 Å². The number of rotatable bonds is 11. The number of sulfonamides is 1. The van der Waals surface area contributed by atoms with Crippen LogP contribution in [0.1, 0.15) is 22.8 Å². The summed E-state index contributed by atoms with van der Waals surface area (Å²) in [7, 11) is -3.71. The number of benzene rings is 3. The monoisotopic (exact) mass is 568 g/mol. The molecule has 3 aromatic rings. The largest absolute Gasteiger partial charge is 0.351 e. The number of anilines is 1. The third kappa shape index (κ3) is 7.33. The van der Waals surface area contributed by atoms with Gasteiger partial charge in [-0.2, -0.15) is 11.8 Å². The van der Waals surface area contributed by atoms with Gasteiger partial charge in [-0.15, -0.1) is 11.8 Å². The van der Waals surface area contributed by atoms with E-state index in [1.807, 2.05) is 18.4 Å². The minimum absolute atomic E-state index is 0.203. The van der Waals surface area contributed by atoms with Crippen molar-refractivity contribution in [3.8, 4) is 0 Å². The Balaban J connectivity index is 1.55. The van der Waals surface area contributed by atoms with E-state index in [1.54, 1.807) is 85.0 Å². The lowest BCUT2D eigenvalue weighted by Crippen LogP contribution is -2.31. The lowest BCUT2D eigenvalue weighted by molar-refractivity contribution is 0.0956. The molecule has 35 heavy (non-hydrogen) atoms. The molecule has 0 aromatic heterocycles. The van der Waals surface area contributed by atoms with Crippen LogP contribution in [0.25, 0.3) is 0 Å². The molecule has 0 atom stereocenters. The van der Waals surface area contributed by atoms with Gasteiger partial charge in [0.05, 0.1) is 20.6 Å². The number of hydrogen-bond donors (Lipinski definition) is 1. The van der Waals surface area contributed by atoms with E-state index in [-0.39, 0.29) is 17.3 Å². The van der Waals surface area contributed by atoms with E-state index in [1.165, 1.54) is 4.31 Å². The van der Waals surface area contributed by atoms with Crippen LogP contribution < -0.4 is 9.62 Å². The predicted octanol–water partition coefficient (Wildman–Crippen LogP) is 6.59. The molecule has 0 saturated heterocycles. The number of hydrogen-bond acceptors (Lipinski definition) is 5. The molecule has 1 N–H and O–H groups in total. The molecule has 10 heteroatoms. The fourth-order valence-electron chi connectivity index (χ4n) is 3.30. The van der Waals surface area contributed by atoms with Crippen LogP contribution in [-0.2, 0) is 15.8 Å². The van der Waals surface area contributed by atoms with Gasteiger partial charge in [-0.1, -0.05) is 29.3 Å². The maximum atomic E-state index is 13.1. The molecule has 5 nitrogen and oxygen atoms in total. The molecule has 0 fully saturated rings. The van der Waals surface area contributed by atoms with Gasteiger partial charge >= 0.3 is 0 Å². The number of nitrogens with one attached hydrogen (secondary N) is 1. The normalized spacial score (nSPS) is 11.3. The van der Waals surface area contributed by atoms with E-state index in [2.05, 4.69) is 5.32 Å². The third-order valence-electron chi connectivity index (χ3n) is 5.14. The highest BCUT2D eigenvalue weighted by molar-refractivity contribution is 7.98. The van der Waals surface area contributed by atoms with Crippen LogP contribution in [0.4, 0.5) is 5.69 Å². The topological polar surface area (TPSA) is 66.5 Å². The molecule has 0 radical (unpaired) electrons. The smallest absolute Gasteiger partial charge is 0.264 e. The van der Waals surface area contributed by atoms with Crippen LogP contribution in [0.15, 0.2) is 76.5 Å². The fourth-order valence-corrected chi connectivity index (χ4v) is 6.31. The molecule has 0 heterocycles. The van der Waals surface area contributed by atoms with Crippen molar-refractivity contribution in [3.05, 3.63) is 87.9 Å². The summed E-state index contributed by atoms with van der Waals surface area (Å²) in [5.74, 6) is 1.30. The Kier molecular flexibility index (Phi) is 10.2. The van der Waals surface area contributed by atoms with Crippen molar-refractivity contribution in [2.45, 2.75) is 22.5 Å². The number of nitrogens with zero attached hydrogens (tertiary/aromatic N) is 1. The fraction of sp³-hybridized carbons (Fsp3) is 0.240. The first-order valence-corrected chi connectivity index (χ1v) is 15.4. The predicted molar refractivity (Wildman–Crippen MR) is 150 cm³/mol. The Morgan fingerprint density at radius 1 is 0.971 bits per heavy atom. The summed E-state index contributed by atoms with van der Waals surface area (Å²) in [6, 6.07) is 19.0. The number of amides is 1. The summed E-state index contributed by atoms with van der Waals surface area (Å²) in [4.78, 5) is 13.7. The summed E-state index contributed by atoms with van der Waals surface area (Å²) in [5, 5.41) is 3.96. The highest BCUT2D eigenvalue weighted by atomic mass is 35.5. The Morgan fingerprint density at radius 2 is 1.66 bits per heavy atom.